The monoisotopic (exact) mass is 412 g/mol. The molecule has 2 aromatic rings. The number of carbonyl (C=O) groups is 1. The number of phenolic OH excluding ortho intramolecular Hbond substituents is 1. The molecule has 0 saturated heterocycles. The molecule has 0 aromatic heterocycles. The molecule has 1 aliphatic rings. The molecule has 5 nitrogen and oxygen atoms in total. The van der Waals surface area contributed by atoms with Crippen molar-refractivity contribution in [3.63, 3.8) is 0 Å². The fourth-order valence-electron chi connectivity index (χ4n) is 2.67. The summed E-state index contributed by atoms with van der Waals surface area (Å²) in [6.07, 6.45) is 1.29. The van der Waals surface area contributed by atoms with Gasteiger partial charge < -0.3 is 9.84 Å². The lowest BCUT2D eigenvalue weighted by atomic mass is 10.1. The first-order chi connectivity index (χ1) is 13.7. The van der Waals surface area contributed by atoms with Crippen molar-refractivity contribution in [2.45, 2.75) is 13.8 Å². The maximum Gasteiger partial charge on any atom is 0.280 e. The van der Waals surface area contributed by atoms with Crippen molar-refractivity contribution >= 4 is 23.4 Å². The molecule has 1 aliphatic heterocycles. The zero-order chi connectivity index (χ0) is 21.5. The van der Waals surface area contributed by atoms with E-state index in [9.17, 15) is 31.9 Å². The lowest BCUT2D eigenvalue weighted by Crippen LogP contribution is -2.25. The maximum atomic E-state index is 14.0. The molecule has 0 radical (unpaired) electrons. The number of phenols is 1. The molecule has 0 atom stereocenters. The summed E-state index contributed by atoms with van der Waals surface area (Å²) in [7, 11) is 0. The first-order valence-corrected chi connectivity index (χ1v) is 8.26. The van der Waals surface area contributed by atoms with Crippen molar-refractivity contribution in [2.24, 2.45) is 5.10 Å². The maximum absolute atomic E-state index is 14.0. The molecule has 152 valence electrons. The van der Waals surface area contributed by atoms with Gasteiger partial charge in [0.25, 0.3) is 5.91 Å². The van der Waals surface area contributed by atoms with Gasteiger partial charge in [0.1, 0.15) is 5.69 Å². The molecule has 0 fully saturated rings. The van der Waals surface area contributed by atoms with E-state index in [1.807, 2.05) is 0 Å². The van der Waals surface area contributed by atoms with Crippen LogP contribution in [0.1, 0.15) is 19.4 Å². The van der Waals surface area contributed by atoms with Gasteiger partial charge in [0.15, 0.2) is 34.8 Å². The molecule has 1 heterocycles. The molecule has 2 aromatic carbocycles. The number of hydrogen-bond donors (Lipinski definition) is 1. The highest BCUT2D eigenvalue weighted by atomic mass is 19.2. The summed E-state index contributed by atoms with van der Waals surface area (Å²) in [4.78, 5) is 12.6. The van der Waals surface area contributed by atoms with Gasteiger partial charge in [0, 0.05) is 0 Å². The molecule has 29 heavy (non-hydrogen) atoms. The van der Waals surface area contributed by atoms with Crippen LogP contribution in [0.4, 0.5) is 27.6 Å². The second kappa shape index (κ2) is 7.53. The summed E-state index contributed by atoms with van der Waals surface area (Å²) in [6.45, 7) is 3.30. The number of halogens is 5. The van der Waals surface area contributed by atoms with Crippen LogP contribution in [0.5, 0.6) is 11.5 Å². The van der Waals surface area contributed by atoms with Crippen molar-refractivity contribution in [3.05, 3.63) is 58.4 Å². The Morgan fingerprint density at radius 1 is 1.07 bits per heavy atom. The standard InChI is InChI=1S/C19H13F5N2O3/c1-3-29-12-7-9(4-5-11(12)27)6-10-8(2)25-26(19(10)28)18-16(23)14(21)13(20)15(22)17(18)24/h4-7,27H,3H2,1-2H3/b10-6+. The zero-order valence-electron chi connectivity index (χ0n) is 15.1. The summed E-state index contributed by atoms with van der Waals surface area (Å²) in [5.41, 5.74) is -1.23. The van der Waals surface area contributed by atoms with Crippen LogP contribution in [0.2, 0.25) is 0 Å². The summed E-state index contributed by atoms with van der Waals surface area (Å²) >= 11 is 0. The number of anilines is 1. The van der Waals surface area contributed by atoms with Crippen LogP contribution in [0, 0.1) is 29.1 Å². The lowest BCUT2D eigenvalue weighted by molar-refractivity contribution is -0.114. The Bertz CT molecular complexity index is 1050. The largest absolute Gasteiger partial charge is 0.504 e. The molecule has 1 N–H and O–H groups in total. The molecule has 0 spiro atoms. The highest BCUT2D eigenvalue weighted by molar-refractivity contribution is 6.32. The van der Waals surface area contributed by atoms with Crippen molar-refractivity contribution in [1.82, 2.24) is 0 Å². The van der Waals surface area contributed by atoms with Crippen LogP contribution in [0.25, 0.3) is 6.08 Å². The van der Waals surface area contributed by atoms with Crippen molar-refractivity contribution < 1.29 is 36.6 Å². The molecule has 0 unspecified atom stereocenters. The fourth-order valence-corrected chi connectivity index (χ4v) is 2.67. The fraction of sp³-hybridized carbons (Fsp3) is 0.158. The van der Waals surface area contributed by atoms with E-state index in [1.165, 1.54) is 31.2 Å². The number of rotatable bonds is 4. The molecule has 10 heteroatoms. The predicted octanol–water partition coefficient (Wildman–Crippen LogP) is 4.29. The molecule has 0 bridgehead atoms. The number of ether oxygens (including phenoxy) is 1. The van der Waals surface area contributed by atoms with Gasteiger partial charge in [-0.2, -0.15) is 10.1 Å². The number of aromatic hydroxyl groups is 1. The highest BCUT2D eigenvalue weighted by Crippen LogP contribution is 2.34. The Balaban J connectivity index is 2.05. The van der Waals surface area contributed by atoms with E-state index in [-0.39, 0.29) is 34.4 Å². The molecule has 1 amide bonds. The second-order valence-electron chi connectivity index (χ2n) is 5.94. The van der Waals surface area contributed by atoms with Crippen LogP contribution in [-0.2, 0) is 4.79 Å². The first kappa shape index (κ1) is 20.3. The second-order valence-corrected chi connectivity index (χ2v) is 5.94. The van der Waals surface area contributed by atoms with Gasteiger partial charge >= 0.3 is 0 Å². The Kier molecular flexibility index (Phi) is 5.27. The minimum absolute atomic E-state index is 0.00928. The normalized spacial score (nSPS) is 15.3. The Labute approximate surface area is 161 Å². The number of benzene rings is 2. The molecular weight excluding hydrogens is 399 g/mol. The van der Waals surface area contributed by atoms with Gasteiger partial charge in [0.2, 0.25) is 5.82 Å². The Morgan fingerprint density at radius 3 is 2.24 bits per heavy atom. The topological polar surface area (TPSA) is 62.1 Å². The van der Waals surface area contributed by atoms with Crippen molar-refractivity contribution in [3.8, 4) is 11.5 Å². The Hall–Kier alpha value is -3.43. The lowest BCUT2D eigenvalue weighted by Gasteiger charge is -2.15. The molecule has 0 aliphatic carbocycles. The third-order valence-electron chi connectivity index (χ3n) is 4.06. The quantitative estimate of drug-likeness (QED) is 0.353. The minimum atomic E-state index is -2.33. The molecule has 0 saturated carbocycles. The van der Waals surface area contributed by atoms with Crippen molar-refractivity contribution in [2.75, 3.05) is 11.6 Å². The van der Waals surface area contributed by atoms with Gasteiger partial charge in [0.05, 0.1) is 17.9 Å². The van der Waals surface area contributed by atoms with Crippen LogP contribution < -0.4 is 9.75 Å². The summed E-state index contributed by atoms with van der Waals surface area (Å²) in [5.74, 6) is -12.1. The van der Waals surface area contributed by atoms with E-state index in [0.29, 0.717) is 5.56 Å². The zero-order valence-corrected chi connectivity index (χ0v) is 15.1. The number of hydrogen-bond acceptors (Lipinski definition) is 4. The Morgan fingerprint density at radius 2 is 1.66 bits per heavy atom. The van der Waals surface area contributed by atoms with E-state index in [0.717, 1.165) is 0 Å². The highest BCUT2D eigenvalue weighted by Gasteiger charge is 2.37. The number of amides is 1. The van der Waals surface area contributed by atoms with Crippen LogP contribution >= 0.6 is 0 Å². The summed E-state index contributed by atoms with van der Waals surface area (Å²) < 4.78 is 73.5. The van der Waals surface area contributed by atoms with Crippen LogP contribution in [0.15, 0.2) is 28.9 Å². The number of nitrogens with zero attached hydrogens (tertiary/aromatic N) is 2. The summed E-state index contributed by atoms with van der Waals surface area (Å²) in [6, 6.07) is 4.16. The smallest absolute Gasteiger partial charge is 0.280 e. The predicted molar refractivity (Wildman–Crippen MR) is 94.1 cm³/mol. The van der Waals surface area contributed by atoms with Crippen molar-refractivity contribution in [1.29, 1.82) is 0 Å². The number of carbonyl (C=O) groups excluding carboxylic acids is 1. The van der Waals surface area contributed by atoms with Crippen LogP contribution in [-0.4, -0.2) is 23.3 Å². The summed E-state index contributed by atoms with van der Waals surface area (Å²) in [5, 5.41) is 13.5. The average molecular weight is 412 g/mol. The van der Waals surface area contributed by atoms with E-state index < -0.39 is 40.7 Å². The van der Waals surface area contributed by atoms with E-state index >= 15 is 0 Å². The minimum Gasteiger partial charge on any atom is -0.504 e. The molecule has 3 rings (SSSR count). The van der Waals surface area contributed by atoms with Gasteiger partial charge in [-0.1, -0.05) is 6.07 Å². The first-order valence-electron chi connectivity index (χ1n) is 8.26. The van der Waals surface area contributed by atoms with Gasteiger partial charge in [-0.25, -0.2) is 22.0 Å². The van der Waals surface area contributed by atoms with E-state index in [4.69, 9.17) is 4.74 Å². The van der Waals surface area contributed by atoms with Crippen LogP contribution in [0.3, 0.4) is 0 Å². The third kappa shape index (κ3) is 3.41. The third-order valence-corrected chi connectivity index (χ3v) is 4.06. The van der Waals surface area contributed by atoms with Gasteiger partial charge in [-0.05, 0) is 37.6 Å². The van der Waals surface area contributed by atoms with Gasteiger partial charge in [-0.3, -0.25) is 4.79 Å². The average Bonchev–Trinajstić information content (AvgIpc) is 2.96. The number of hydrazone groups is 1. The van der Waals surface area contributed by atoms with E-state index in [2.05, 4.69) is 5.10 Å². The molecular formula is C19H13F5N2O3. The van der Waals surface area contributed by atoms with E-state index in [1.54, 1.807) is 6.92 Å². The SMILES string of the molecule is CCOc1cc(/C=C2/C(=O)N(c3c(F)c(F)c(F)c(F)c3F)N=C2C)ccc1O. The van der Waals surface area contributed by atoms with Gasteiger partial charge in [-0.15, -0.1) is 0 Å².